The van der Waals surface area contributed by atoms with E-state index < -0.39 is 6.10 Å². The van der Waals surface area contributed by atoms with Gasteiger partial charge in [0.1, 0.15) is 10.6 Å². The lowest BCUT2D eigenvalue weighted by molar-refractivity contribution is -0.136. The zero-order valence-corrected chi connectivity index (χ0v) is 14.4. The number of fused-ring (bicyclic) bond motifs is 3. The molecule has 0 spiro atoms. The van der Waals surface area contributed by atoms with Gasteiger partial charge in [-0.25, -0.2) is 0 Å². The predicted molar refractivity (Wildman–Crippen MR) is 96.4 cm³/mol. The molecule has 0 aliphatic carbocycles. The van der Waals surface area contributed by atoms with Crippen molar-refractivity contribution >= 4 is 35.1 Å². The van der Waals surface area contributed by atoms with Gasteiger partial charge in [-0.05, 0) is 36.9 Å². The minimum atomic E-state index is -0.424. The van der Waals surface area contributed by atoms with Gasteiger partial charge >= 0.3 is 0 Å². The van der Waals surface area contributed by atoms with Gasteiger partial charge in [-0.2, -0.15) is 0 Å². The number of para-hydroxylation sites is 2. The molecule has 5 heteroatoms. The summed E-state index contributed by atoms with van der Waals surface area (Å²) in [5.41, 5.74) is 1.02. The lowest BCUT2D eigenvalue weighted by Crippen LogP contribution is -2.75. The van der Waals surface area contributed by atoms with Crippen LogP contribution in [0.15, 0.2) is 59.5 Å². The molecule has 0 aromatic heterocycles. The van der Waals surface area contributed by atoms with Gasteiger partial charge < -0.3 is 4.74 Å². The van der Waals surface area contributed by atoms with Crippen LogP contribution in [-0.2, 0) is 4.79 Å². The Morgan fingerprint density at radius 1 is 1.17 bits per heavy atom. The third-order valence-corrected chi connectivity index (χ3v) is 6.78. The maximum absolute atomic E-state index is 12.9. The first-order valence-corrected chi connectivity index (χ1v) is 9.80. The van der Waals surface area contributed by atoms with Crippen LogP contribution in [0.25, 0.3) is 0 Å². The Balaban J connectivity index is 1.71. The van der Waals surface area contributed by atoms with Gasteiger partial charge in [-0.3, -0.25) is 9.69 Å². The summed E-state index contributed by atoms with van der Waals surface area (Å²) in [6.45, 7) is 0. The van der Waals surface area contributed by atoms with E-state index in [1.807, 2.05) is 65.2 Å². The molecule has 1 saturated heterocycles. The first-order chi connectivity index (χ1) is 11.3. The number of rotatable bonds is 3. The van der Waals surface area contributed by atoms with Crippen molar-refractivity contribution in [2.75, 3.05) is 16.9 Å². The average molecular weight is 343 g/mol. The van der Waals surface area contributed by atoms with Crippen LogP contribution in [-0.4, -0.2) is 28.9 Å². The number of hydrogen-bond acceptors (Lipinski definition) is 4. The lowest BCUT2D eigenvalue weighted by Gasteiger charge is -2.55. The molecule has 0 N–H and O–H groups in total. The van der Waals surface area contributed by atoms with Crippen molar-refractivity contribution in [1.29, 1.82) is 0 Å². The van der Waals surface area contributed by atoms with E-state index in [0.717, 1.165) is 23.6 Å². The summed E-state index contributed by atoms with van der Waals surface area (Å²) < 4.78 is 6.08. The van der Waals surface area contributed by atoms with Crippen molar-refractivity contribution < 1.29 is 9.53 Å². The molecule has 2 atom stereocenters. The van der Waals surface area contributed by atoms with Crippen LogP contribution in [0.1, 0.15) is 6.42 Å². The fourth-order valence-electron chi connectivity index (χ4n) is 3.26. The van der Waals surface area contributed by atoms with Gasteiger partial charge in [-0.15, -0.1) is 23.5 Å². The standard InChI is InChI=1S/C18H17NO2S2/c1-22-18-11-12-23-15-10-6-5-9-14(15)19(18)17(20)16(18)21-13-7-3-2-4-8-13/h2-10,16H,11-12H2,1H3. The number of ether oxygens (including phenoxy) is 1. The average Bonchev–Trinajstić information content (AvgIpc) is 2.75. The molecular formula is C18H17NO2S2. The molecular weight excluding hydrogens is 326 g/mol. The van der Waals surface area contributed by atoms with Crippen molar-refractivity contribution in [1.82, 2.24) is 0 Å². The molecule has 2 aromatic rings. The predicted octanol–water partition coefficient (Wildman–Crippen LogP) is 4.04. The summed E-state index contributed by atoms with van der Waals surface area (Å²) in [5.74, 6) is 1.79. The number of thioether (sulfide) groups is 2. The van der Waals surface area contributed by atoms with Gasteiger partial charge in [-0.1, -0.05) is 30.3 Å². The topological polar surface area (TPSA) is 29.5 Å². The Labute approximate surface area is 144 Å². The highest BCUT2D eigenvalue weighted by Crippen LogP contribution is 2.53. The summed E-state index contributed by atoms with van der Waals surface area (Å²) in [6.07, 6.45) is 2.56. The molecule has 2 unspecified atom stereocenters. The second-order valence-corrected chi connectivity index (χ2v) is 7.85. The number of benzene rings is 2. The van der Waals surface area contributed by atoms with Gasteiger partial charge in [0.25, 0.3) is 5.91 Å². The van der Waals surface area contributed by atoms with E-state index in [9.17, 15) is 4.79 Å². The zero-order valence-electron chi connectivity index (χ0n) is 12.8. The Kier molecular flexibility index (Phi) is 3.77. The number of nitrogens with zero attached hydrogens (tertiary/aromatic N) is 1. The van der Waals surface area contributed by atoms with E-state index in [4.69, 9.17) is 4.74 Å². The number of anilines is 1. The lowest BCUT2D eigenvalue weighted by atomic mass is 9.93. The Morgan fingerprint density at radius 3 is 2.70 bits per heavy atom. The molecule has 4 rings (SSSR count). The molecule has 2 heterocycles. The maximum Gasteiger partial charge on any atom is 0.272 e. The third kappa shape index (κ3) is 2.25. The molecule has 2 aliphatic heterocycles. The number of hydrogen-bond donors (Lipinski definition) is 0. The molecule has 23 heavy (non-hydrogen) atoms. The number of β-lactam (4-membered cyclic amide) rings is 1. The van der Waals surface area contributed by atoms with Crippen LogP contribution in [0, 0.1) is 0 Å². The van der Waals surface area contributed by atoms with E-state index >= 15 is 0 Å². The highest BCUT2D eigenvalue weighted by molar-refractivity contribution is 8.01. The van der Waals surface area contributed by atoms with Crippen LogP contribution >= 0.6 is 23.5 Å². The number of amides is 1. The van der Waals surface area contributed by atoms with Gasteiger partial charge in [0, 0.05) is 10.6 Å². The van der Waals surface area contributed by atoms with Crippen LogP contribution in [0.4, 0.5) is 5.69 Å². The molecule has 1 amide bonds. The molecule has 118 valence electrons. The van der Waals surface area contributed by atoms with Crippen LogP contribution in [0.3, 0.4) is 0 Å². The molecule has 1 fully saturated rings. The maximum atomic E-state index is 12.9. The summed E-state index contributed by atoms with van der Waals surface area (Å²) >= 11 is 3.54. The van der Waals surface area contributed by atoms with Gasteiger partial charge in [0.05, 0.1) is 5.69 Å². The normalized spacial score (nSPS) is 25.9. The van der Waals surface area contributed by atoms with Crippen molar-refractivity contribution in [3.63, 3.8) is 0 Å². The summed E-state index contributed by atoms with van der Waals surface area (Å²) in [6, 6.07) is 17.8. The summed E-state index contributed by atoms with van der Waals surface area (Å²) in [5, 5.41) is 0. The summed E-state index contributed by atoms with van der Waals surface area (Å²) in [4.78, 5) is 15.7. The highest BCUT2D eigenvalue weighted by Gasteiger charge is 2.63. The van der Waals surface area contributed by atoms with E-state index in [0.29, 0.717) is 0 Å². The number of carbonyl (C=O) groups is 1. The monoisotopic (exact) mass is 343 g/mol. The minimum absolute atomic E-state index is 0.0538. The van der Waals surface area contributed by atoms with Crippen LogP contribution in [0.5, 0.6) is 5.75 Å². The second kappa shape index (κ2) is 5.80. The van der Waals surface area contributed by atoms with Crippen molar-refractivity contribution in [2.24, 2.45) is 0 Å². The fourth-order valence-corrected chi connectivity index (χ4v) is 5.55. The molecule has 0 saturated carbocycles. The summed E-state index contributed by atoms with van der Waals surface area (Å²) in [7, 11) is 0. The minimum Gasteiger partial charge on any atom is -0.477 e. The second-order valence-electron chi connectivity index (χ2n) is 5.60. The van der Waals surface area contributed by atoms with E-state index in [2.05, 4.69) is 12.3 Å². The molecule has 2 aliphatic rings. The quantitative estimate of drug-likeness (QED) is 0.787. The Hall–Kier alpha value is -1.59. The number of carbonyl (C=O) groups excluding carboxylic acids is 1. The van der Waals surface area contributed by atoms with Crippen molar-refractivity contribution in [3.8, 4) is 5.75 Å². The fraction of sp³-hybridized carbons (Fsp3) is 0.278. The highest BCUT2D eigenvalue weighted by atomic mass is 32.2. The smallest absolute Gasteiger partial charge is 0.272 e. The molecule has 2 aromatic carbocycles. The SMILES string of the molecule is CSC12CCSc3ccccc3N1C(=O)C2Oc1ccccc1. The largest absolute Gasteiger partial charge is 0.477 e. The first kappa shape index (κ1) is 15.0. The van der Waals surface area contributed by atoms with Gasteiger partial charge in [0.15, 0.2) is 0 Å². The van der Waals surface area contributed by atoms with E-state index in [1.165, 1.54) is 4.90 Å². The van der Waals surface area contributed by atoms with Crippen molar-refractivity contribution in [2.45, 2.75) is 22.3 Å². The van der Waals surface area contributed by atoms with Gasteiger partial charge in [0.2, 0.25) is 6.10 Å². The third-order valence-electron chi connectivity index (χ3n) is 4.41. The van der Waals surface area contributed by atoms with Crippen molar-refractivity contribution in [3.05, 3.63) is 54.6 Å². The molecule has 0 bridgehead atoms. The molecule has 0 radical (unpaired) electrons. The zero-order chi connectivity index (χ0) is 15.9. The Bertz CT molecular complexity index is 737. The van der Waals surface area contributed by atoms with Crippen LogP contribution in [0.2, 0.25) is 0 Å². The Morgan fingerprint density at radius 2 is 1.91 bits per heavy atom. The molecule has 3 nitrogen and oxygen atoms in total. The van der Waals surface area contributed by atoms with Crippen LogP contribution < -0.4 is 9.64 Å². The van der Waals surface area contributed by atoms with E-state index in [-0.39, 0.29) is 10.8 Å². The first-order valence-electron chi connectivity index (χ1n) is 7.59. The van der Waals surface area contributed by atoms with E-state index in [1.54, 1.807) is 11.8 Å².